The summed E-state index contributed by atoms with van der Waals surface area (Å²) in [5.41, 5.74) is 3.47. The molecule has 1 amide bonds. The third-order valence-electron chi connectivity index (χ3n) is 4.62. The van der Waals surface area contributed by atoms with Crippen LogP contribution in [0.1, 0.15) is 22.5 Å². The third kappa shape index (κ3) is 5.97. The van der Waals surface area contributed by atoms with E-state index in [1.54, 1.807) is 6.08 Å². The van der Waals surface area contributed by atoms with Gasteiger partial charge in [-0.3, -0.25) is 9.36 Å². The molecule has 0 aliphatic rings. The van der Waals surface area contributed by atoms with E-state index in [2.05, 4.69) is 35.9 Å². The first-order valence-electron chi connectivity index (χ1n) is 9.73. The van der Waals surface area contributed by atoms with Crippen LogP contribution in [-0.4, -0.2) is 26.4 Å². The normalized spacial score (nSPS) is 10.6. The second-order valence-electron chi connectivity index (χ2n) is 6.88. The number of hydrogen-bond acceptors (Lipinski definition) is 5. The van der Waals surface area contributed by atoms with Crippen LogP contribution in [0.2, 0.25) is 0 Å². The van der Waals surface area contributed by atoms with Gasteiger partial charge in [-0.2, -0.15) is 0 Å². The number of carbonyl (C=O) groups is 1. The Morgan fingerprint density at radius 1 is 1.17 bits per heavy atom. The molecule has 156 valence electrons. The summed E-state index contributed by atoms with van der Waals surface area (Å²) in [7, 11) is 0. The molecule has 0 aliphatic heterocycles. The molecular formula is C23H26N4O2S. The van der Waals surface area contributed by atoms with Crippen molar-refractivity contribution in [3.8, 4) is 5.75 Å². The lowest BCUT2D eigenvalue weighted by Crippen LogP contribution is -2.24. The molecular weight excluding hydrogens is 396 g/mol. The summed E-state index contributed by atoms with van der Waals surface area (Å²) in [5, 5.41) is 12.1. The zero-order valence-corrected chi connectivity index (χ0v) is 18.1. The van der Waals surface area contributed by atoms with Crippen molar-refractivity contribution in [2.45, 2.75) is 38.7 Å². The summed E-state index contributed by atoms with van der Waals surface area (Å²) in [4.78, 5) is 12.2. The molecule has 3 rings (SSSR count). The van der Waals surface area contributed by atoms with Gasteiger partial charge in [0.2, 0.25) is 5.91 Å². The van der Waals surface area contributed by atoms with Gasteiger partial charge in [0.25, 0.3) is 0 Å². The maximum atomic E-state index is 12.2. The van der Waals surface area contributed by atoms with Gasteiger partial charge >= 0.3 is 0 Å². The molecule has 0 atom stereocenters. The standard InChI is InChI=1S/C23H26N4O2S/c1-4-12-27-21(15-29-20-11-10-17(2)18(3)13-20)25-26-23(27)30-16-22(28)24-14-19-8-6-5-7-9-19/h4-11,13H,1,12,14-16H2,2-3H3,(H,24,28). The van der Waals surface area contributed by atoms with E-state index < -0.39 is 0 Å². The van der Waals surface area contributed by atoms with Gasteiger partial charge in [-0.25, -0.2) is 0 Å². The average molecular weight is 423 g/mol. The lowest BCUT2D eigenvalue weighted by Gasteiger charge is -2.10. The Balaban J connectivity index is 1.57. The van der Waals surface area contributed by atoms with E-state index in [9.17, 15) is 4.79 Å². The van der Waals surface area contributed by atoms with Crippen LogP contribution in [0.3, 0.4) is 0 Å². The van der Waals surface area contributed by atoms with Crippen LogP contribution < -0.4 is 10.1 Å². The first kappa shape index (κ1) is 21.6. The lowest BCUT2D eigenvalue weighted by atomic mass is 10.1. The van der Waals surface area contributed by atoms with Crippen LogP contribution >= 0.6 is 11.8 Å². The Kier molecular flexibility index (Phi) is 7.68. The van der Waals surface area contributed by atoms with E-state index in [0.717, 1.165) is 11.3 Å². The number of aromatic nitrogens is 3. The smallest absolute Gasteiger partial charge is 0.230 e. The molecule has 3 aromatic rings. The number of aryl methyl sites for hydroxylation is 2. The predicted molar refractivity (Wildman–Crippen MR) is 119 cm³/mol. The molecule has 0 saturated carbocycles. The van der Waals surface area contributed by atoms with Crippen molar-refractivity contribution in [1.29, 1.82) is 0 Å². The molecule has 0 saturated heterocycles. The lowest BCUT2D eigenvalue weighted by molar-refractivity contribution is -0.118. The first-order valence-corrected chi connectivity index (χ1v) is 10.7. The molecule has 7 heteroatoms. The fourth-order valence-corrected chi connectivity index (χ4v) is 3.57. The molecule has 0 unspecified atom stereocenters. The minimum Gasteiger partial charge on any atom is -0.486 e. The van der Waals surface area contributed by atoms with E-state index >= 15 is 0 Å². The van der Waals surface area contributed by atoms with Gasteiger partial charge in [0.15, 0.2) is 11.0 Å². The van der Waals surface area contributed by atoms with Crippen molar-refractivity contribution in [1.82, 2.24) is 20.1 Å². The van der Waals surface area contributed by atoms with E-state index in [0.29, 0.717) is 30.7 Å². The summed E-state index contributed by atoms with van der Waals surface area (Å²) in [6.45, 7) is 9.29. The highest BCUT2D eigenvalue weighted by molar-refractivity contribution is 7.99. The topological polar surface area (TPSA) is 69.0 Å². The fourth-order valence-electron chi connectivity index (χ4n) is 2.77. The number of hydrogen-bond donors (Lipinski definition) is 1. The SMILES string of the molecule is C=CCn1c(COc2ccc(C)c(C)c2)nnc1SCC(=O)NCc1ccccc1. The molecule has 0 fully saturated rings. The molecule has 1 N–H and O–H groups in total. The summed E-state index contributed by atoms with van der Waals surface area (Å²) in [6.07, 6.45) is 1.78. The highest BCUT2D eigenvalue weighted by atomic mass is 32.2. The van der Waals surface area contributed by atoms with Crippen molar-refractivity contribution >= 4 is 17.7 Å². The molecule has 0 radical (unpaired) electrons. The van der Waals surface area contributed by atoms with Gasteiger partial charge in [-0.15, -0.1) is 16.8 Å². The summed E-state index contributed by atoms with van der Waals surface area (Å²) in [5.74, 6) is 1.70. The molecule has 6 nitrogen and oxygen atoms in total. The monoisotopic (exact) mass is 422 g/mol. The number of benzene rings is 2. The number of ether oxygens (including phenoxy) is 1. The van der Waals surface area contributed by atoms with Crippen molar-refractivity contribution in [2.24, 2.45) is 0 Å². The fraction of sp³-hybridized carbons (Fsp3) is 0.261. The van der Waals surface area contributed by atoms with Crippen molar-refractivity contribution < 1.29 is 9.53 Å². The molecule has 1 aromatic heterocycles. The number of rotatable bonds is 10. The van der Waals surface area contributed by atoms with Gasteiger partial charge < -0.3 is 10.1 Å². The Hall–Kier alpha value is -3.06. The average Bonchev–Trinajstić information content (AvgIpc) is 3.14. The van der Waals surface area contributed by atoms with Crippen LogP contribution in [0.15, 0.2) is 66.3 Å². The number of amides is 1. The van der Waals surface area contributed by atoms with Crippen molar-refractivity contribution in [2.75, 3.05) is 5.75 Å². The summed E-state index contributed by atoms with van der Waals surface area (Å²) < 4.78 is 7.82. The molecule has 30 heavy (non-hydrogen) atoms. The molecule has 0 bridgehead atoms. The minimum absolute atomic E-state index is 0.0510. The first-order chi connectivity index (χ1) is 14.6. The quantitative estimate of drug-likeness (QED) is 0.394. The van der Waals surface area contributed by atoms with E-state index in [4.69, 9.17) is 4.74 Å². The van der Waals surface area contributed by atoms with E-state index in [1.165, 1.54) is 22.9 Å². The summed E-state index contributed by atoms with van der Waals surface area (Å²) >= 11 is 1.35. The minimum atomic E-state index is -0.0510. The maximum absolute atomic E-state index is 12.2. The van der Waals surface area contributed by atoms with Gasteiger partial charge in [0.1, 0.15) is 12.4 Å². The zero-order chi connectivity index (χ0) is 21.3. The number of thioether (sulfide) groups is 1. The van der Waals surface area contributed by atoms with Crippen molar-refractivity contribution in [3.05, 3.63) is 83.7 Å². The highest BCUT2D eigenvalue weighted by Gasteiger charge is 2.14. The maximum Gasteiger partial charge on any atom is 0.230 e. The van der Waals surface area contributed by atoms with E-state index in [-0.39, 0.29) is 11.7 Å². The molecule has 0 spiro atoms. The second-order valence-corrected chi connectivity index (χ2v) is 7.83. The van der Waals surface area contributed by atoms with Crippen LogP contribution in [0.5, 0.6) is 5.75 Å². The predicted octanol–water partition coefficient (Wildman–Crippen LogP) is 4.07. The molecule has 0 aliphatic carbocycles. The van der Waals surface area contributed by atoms with Gasteiger partial charge in [0.05, 0.1) is 5.75 Å². The van der Waals surface area contributed by atoms with Gasteiger partial charge in [0, 0.05) is 13.1 Å². The van der Waals surface area contributed by atoms with Crippen molar-refractivity contribution in [3.63, 3.8) is 0 Å². The van der Waals surface area contributed by atoms with Crippen LogP contribution in [0.4, 0.5) is 0 Å². The van der Waals surface area contributed by atoms with Gasteiger partial charge in [-0.1, -0.05) is 54.2 Å². The Bertz CT molecular complexity index is 1000. The Labute approximate surface area is 181 Å². The Morgan fingerprint density at radius 3 is 2.70 bits per heavy atom. The highest BCUT2D eigenvalue weighted by Crippen LogP contribution is 2.20. The van der Waals surface area contributed by atoms with Crippen LogP contribution in [0, 0.1) is 13.8 Å². The van der Waals surface area contributed by atoms with E-state index in [1.807, 2.05) is 53.1 Å². The van der Waals surface area contributed by atoms with Gasteiger partial charge in [-0.05, 0) is 42.7 Å². The Morgan fingerprint density at radius 2 is 1.97 bits per heavy atom. The van der Waals surface area contributed by atoms with Crippen LogP contribution in [-0.2, 0) is 24.5 Å². The second kappa shape index (κ2) is 10.6. The number of allylic oxidation sites excluding steroid dienone is 1. The van der Waals surface area contributed by atoms with Crippen LogP contribution in [0.25, 0.3) is 0 Å². The summed E-state index contributed by atoms with van der Waals surface area (Å²) in [6, 6.07) is 15.8. The zero-order valence-electron chi connectivity index (χ0n) is 17.3. The largest absolute Gasteiger partial charge is 0.486 e. The molecule has 2 aromatic carbocycles. The number of nitrogens with one attached hydrogen (secondary N) is 1. The molecule has 1 heterocycles. The third-order valence-corrected chi connectivity index (χ3v) is 5.58. The number of carbonyl (C=O) groups excluding carboxylic acids is 1. The number of nitrogens with zero attached hydrogens (tertiary/aromatic N) is 3.